The number of phenolic OH excluding ortho intramolecular Hbond substituents is 1. The number of aromatic hydroxyl groups is 1. The molecule has 0 aliphatic heterocycles. The Hall–Kier alpha value is -1.81. The smallest absolute Gasteiger partial charge is 0.256 e. The van der Waals surface area contributed by atoms with Crippen molar-refractivity contribution in [1.29, 1.82) is 0 Å². The fourth-order valence-electron chi connectivity index (χ4n) is 1.28. The number of amides is 1. The molecule has 0 unspecified atom stereocenters. The van der Waals surface area contributed by atoms with Crippen LogP contribution in [0.3, 0.4) is 0 Å². The highest BCUT2D eigenvalue weighted by Gasteiger charge is 2.06. The third kappa shape index (κ3) is 2.23. The van der Waals surface area contributed by atoms with Crippen LogP contribution < -0.4 is 5.32 Å². The summed E-state index contributed by atoms with van der Waals surface area (Å²) in [5, 5.41) is 15.8. The van der Waals surface area contributed by atoms with Crippen LogP contribution in [0.1, 0.15) is 15.9 Å². The van der Waals surface area contributed by atoms with Crippen molar-refractivity contribution in [1.82, 2.24) is 0 Å². The number of rotatable bonds is 2. The molecule has 1 aromatic heterocycles. The molecule has 0 radical (unpaired) electrons. The minimum absolute atomic E-state index is 0.162. The zero-order chi connectivity index (χ0) is 11.5. The van der Waals surface area contributed by atoms with Gasteiger partial charge in [0, 0.05) is 17.1 Å². The van der Waals surface area contributed by atoms with E-state index in [0.717, 1.165) is 5.56 Å². The number of hydrogen-bond donors (Lipinski definition) is 2. The molecular weight excluding hydrogens is 222 g/mol. The lowest BCUT2D eigenvalue weighted by Gasteiger charge is -2.05. The van der Waals surface area contributed by atoms with Crippen LogP contribution in [0.5, 0.6) is 5.75 Å². The molecule has 0 atom stereocenters. The average Bonchev–Trinajstić information content (AvgIpc) is 2.77. The van der Waals surface area contributed by atoms with Crippen molar-refractivity contribution >= 4 is 22.9 Å². The Morgan fingerprint density at radius 2 is 2.19 bits per heavy atom. The van der Waals surface area contributed by atoms with Gasteiger partial charge in [-0.25, -0.2) is 0 Å². The largest absolute Gasteiger partial charge is 0.508 e. The van der Waals surface area contributed by atoms with Crippen LogP contribution in [0.15, 0.2) is 35.0 Å². The van der Waals surface area contributed by atoms with Crippen LogP contribution in [-0.4, -0.2) is 11.0 Å². The predicted molar refractivity (Wildman–Crippen MR) is 65.1 cm³/mol. The van der Waals surface area contributed by atoms with Gasteiger partial charge in [-0.2, -0.15) is 11.3 Å². The second-order valence-corrected chi connectivity index (χ2v) is 4.25. The van der Waals surface area contributed by atoms with E-state index in [1.54, 1.807) is 36.6 Å². The van der Waals surface area contributed by atoms with Gasteiger partial charge < -0.3 is 10.4 Å². The Morgan fingerprint density at radius 3 is 2.81 bits per heavy atom. The van der Waals surface area contributed by atoms with Crippen molar-refractivity contribution in [3.05, 3.63) is 46.2 Å². The van der Waals surface area contributed by atoms with Crippen molar-refractivity contribution in [2.45, 2.75) is 6.92 Å². The summed E-state index contributed by atoms with van der Waals surface area (Å²) in [5.41, 5.74) is 2.01. The average molecular weight is 233 g/mol. The van der Waals surface area contributed by atoms with Crippen LogP contribution in [0.2, 0.25) is 0 Å². The molecule has 1 heterocycles. The second kappa shape index (κ2) is 4.37. The first-order valence-corrected chi connectivity index (χ1v) is 5.74. The van der Waals surface area contributed by atoms with E-state index in [9.17, 15) is 9.90 Å². The summed E-state index contributed by atoms with van der Waals surface area (Å²) in [7, 11) is 0. The van der Waals surface area contributed by atoms with E-state index in [2.05, 4.69) is 5.32 Å². The zero-order valence-corrected chi connectivity index (χ0v) is 9.54. The van der Waals surface area contributed by atoms with Gasteiger partial charge >= 0.3 is 0 Å². The third-order valence-corrected chi connectivity index (χ3v) is 2.93. The molecule has 0 spiro atoms. The van der Waals surface area contributed by atoms with Gasteiger partial charge in [0.15, 0.2) is 0 Å². The van der Waals surface area contributed by atoms with Gasteiger partial charge in [0.2, 0.25) is 0 Å². The first-order chi connectivity index (χ1) is 7.66. The molecule has 0 aliphatic rings. The maximum atomic E-state index is 11.7. The number of hydrogen-bond acceptors (Lipinski definition) is 3. The highest BCUT2D eigenvalue weighted by Crippen LogP contribution is 2.21. The first-order valence-electron chi connectivity index (χ1n) is 4.80. The van der Waals surface area contributed by atoms with Crippen LogP contribution in [0.4, 0.5) is 5.69 Å². The van der Waals surface area contributed by atoms with E-state index in [4.69, 9.17) is 0 Å². The molecule has 0 aliphatic carbocycles. The fraction of sp³-hybridized carbons (Fsp3) is 0.0833. The number of benzene rings is 1. The van der Waals surface area contributed by atoms with Gasteiger partial charge in [-0.1, -0.05) is 6.07 Å². The summed E-state index contributed by atoms with van der Waals surface area (Å²) in [6.07, 6.45) is 0. The van der Waals surface area contributed by atoms with E-state index in [1.807, 2.05) is 5.38 Å². The van der Waals surface area contributed by atoms with E-state index in [-0.39, 0.29) is 11.7 Å². The van der Waals surface area contributed by atoms with Crippen molar-refractivity contribution in [2.24, 2.45) is 0 Å². The summed E-state index contributed by atoms with van der Waals surface area (Å²) in [4.78, 5) is 11.7. The van der Waals surface area contributed by atoms with Gasteiger partial charge in [0.1, 0.15) is 5.75 Å². The molecule has 0 saturated carbocycles. The summed E-state index contributed by atoms with van der Waals surface area (Å²) in [6.45, 7) is 1.81. The standard InChI is InChI=1S/C12H11NO2S/c1-8-2-3-10(6-11(8)14)13-12(15)9-4-5-16-7-9/h2-7,14H,1H3,(H,13,15). The van der Waals surface area contributed by atoms with Crippen LogP contribution in [0, 0.1) is 6.92 Å². The molecule has 4 heteroatoms. The molecule has 1 aromatic carbocycles. The molecule has 82 valence electrons. The van der Waals surface area contributed by atoms with E-state index < -0.39 is 0 Å². The number of carbonyl (C=O) groups is 1. The Labute approximate surface area is 97.4 Å². The molecule has 0 saturated heterocycles. The highest BCUT2D eigenvalue weighted by molar-refractivity contribution is 7.08. The lowest BCUT2D eigenvalue weighted by Crippen LogP contribution is -2.10. The number of anilines is 1. The maximum Gasteiger partial charge on any atom is 0.256 e. The topological polar surface area (TPSA) is 49.3 Å². The normalized spacial score (nSPS) is 10.1. The SMILES string of the molecule is Cc1ccc(NC(=O)c2ccsc2)cc1O. The summed E-state index contributed by atoms with van der Waals surface area (Å²) < 4.78 is 0. The lowest BCUT2D eigenvalue weighted by atomic mass is 10.2. The minimum Gasteiger partial charge on any atom is -0.508 e. The quantitative estimate of drug-likeness (QED) is 0.837. The first kappa shape index (κ1) is 10.7. The van der Waals surface area contributed by atoms with Gasteiger partial charge in [-0.05, 0) is 30.0 Å². The molecule has 2 aromatic rings. The molecule has 2 N–H and O–H groups in total. The van der Waals surface area contributed by atoms with E-state index in [0.29, 0.717) is 11.3 Å². The van der Waals surface area contributed by atoms with Crippen molar-refractivity contribution in [3.63, 3.8) is 0 Å². The van der Waals surface area contributed by atoms with Crippen molar-refractivity contribution in [3.8, 4) is 5.75 Å². The number of carbonyl (C=O) groups excluding carboxylic acids is 1. The molecule has 2 rings (SSSR count). The molecule has 1 amide bonds. The highest BCUT2D eigenvalue weighted by atomic mass is 32.1. The molecule has 0 fully saturated rings. The second-order valence-electron chi connectivity index (χ2n) is 3.47. The summed E-state index contributed by atoms with van der Waals surface area (Å²) in [5.74, 6) is 0.0209. The summed E-state index contributed by atoms with van der Waals surface area (Å²) >= 11 is 1.47. The minimum atomic E-state index is -0.162. The molecular formula is C12H11NO2S. The predicted octanol–water partition coefficient (Wildman–Crippen LogP) is 3.01. The van der Waals surface area contributed by atoms with E-state index in [1.165, 1.54) is 11.3 Å². The van der Waals surface area contributed by atoms with Gasteiger partial charge in [0.05, 0.1) is 5.56 Å². The van der Waals surface area contributed by atoms with Crippen LogP contribution >= 0.6 is 11.3 Å². The van der Waals surface area contributed by atoms with Gasteiger partial charge in [0.25, 0.3) is 5.91 Å². The maximum absolute atomic E-state index is 11.7. The zero-order valence-electron chi connectivity index (χ0n) is 8.73. The van der Waals surface area contributed by atoms with Crippen molar-refractivity contribution in [2.75, 3.05) is 5.32 Å². The van der Waals surface area contributed by atoms with Gasteiger partial charge in [-0.3, -0.25) is 4.79 Å². The van der Waals surface area contributed by atoms with Crippen LogP contribution in [0.25, 0.3) is 0 Å². The number of nitrogens with one attached hydrogen (secondary N) is 1. The van der Waals surface area contributed by atoms with Crippen molar-refractivity contribution < 1.29 is 9.90 Å². The Bertz CT molecular complexity index is 506. The molecule has 3 nitrogen and oxygen atoms in total. The third-order valence-electron chi connectivity index (χ3n) is 2.25. The van der Waals surface area contributed by atoms with Crippen LogP contribution in [-0.2, 0) is 0 Å². The monoisotopic (exact) mass is 233 g/mol. The summed E-state index contributed by atoms with van der Waals surface area (Å²) in [6, 6.07) is 6.82. The Balaban J connectivity index is 2.15. The number of phenols is 1. The fourth-order valence-corrected chi connectivity index (χ4v) is 1.92. The van der Waals surface area contributed by atoms with Gasteiger partial charge in [-0.15, -0.1) is 0 Å². The Morgan fingerprint density at radius 1 is 1.38 bits per heavy atom. The number of aryl methyl sites for hydroxylation is 1. The van der Waals surface area contributed by atoms with E-state index >= 15 is 0 Å². The molecule has 0 bridgehead atoms. The molecule has 16 heavy (non-hydrogen) atoms. The lowest BCUT2D eigenvalue weighted by molar-refractivity contribution is 0.102. The number of thiophene rings is 1. The Kier molecular flexibility index (Phi) is 2.92.